The van der Waals surface area contributed by atoms with E-state index in [9.17, 15) is 0 Å². The van der Waals surface area contributed by atoms with Crippen molar-refractivity contribution in [1.82, 2.24) is 0 Å². The van der Waals surface area contributed by atoms with Crippen LogP contribution in [0.25, 0.3) is 0 Å². The fourth-order valence-corrected chi connectivity index (χ4v) is 3.26. The van der Waals surface area contributed by atoms with Gasteiger partial charge in [-0.2, -0.15) is 0 Å². The summed E-state index contributed by atoms with van der Waals surface area (Å²) in [7, 11) is 1.70. The third-order valence-corrected chi connectivity index (χ3v) is 4.47. The Morgan fingerprint density at radius 3 is 2.15 bits per heavy atom. The molecule has 0 radical (unpaired) electrons. The van der Waals surface area contributed by atoms with E-state index in [2.05, 4.69) is 47.1 Å². The van der Waals surface area contributed by atoms with Crippen LogP contribution >= 0.6 is 27.5 Å². The number of rotatable bonds is 3. The summed E-state index contributed by atoms with van der Waals surface area (Å²) in [6, 6.07) is 10.4. The Labute approximate surface area is 134 Å². The van der Waals surface area contributed by atoms with E-state index in [1.165, 1.54) is 5.56 Å². The van der Waals surface area contributed by atoms with Crippen molar-refractivity contribution in [3.8, 4) is 5.75 Å². The van der Waals surface area contributed by atoms with Gasteiger partial charge in [-0.25, -0.2) is 0 Å². The van der Waals surface area contributed by atoms with Crippen molar-refractivity contribution in [2.24, 2.45) is 0 Å². The van der Waals surface area contributed by atoms with Crippen LogP contribution in [0.15, 0.2) is 34.8 Å². The second kappa shape index (κ2) is 6.19. The molecular formula is C17H18BrClO. The third kappa shape index (κ3) is 3.02. The predicted octanol–water partition coefficient (Wildman–Crippen LogP) is 5.71. The van der Waals surface area contributed by atoms with E-state index in [4.69, 9.17) is 16.3 Å². The van der Waals surface area contributed by atoms with Crippen molar-refractivity contribution in [2.75, 3.05) is 7.11 Å². The first kappa shape index (κ1) is 15.4. The van der Waals surface area contributed by atoms with Gasteiger partial charge in [-0.3, -0.25) is 0 Å². The van der Waals surface area contributed by atoms with Crippen LogP contribution in [0, 0.1) is 20.8 Å². The molecular weight excluding hydrogens is 336 g/mol. The number of hydrogen-bond acceptors (Lipinski definition) is 1. The number of methoxy groups -OCH3 is 1. The number of halogens is 2. The first-order chi connectivity index (χ1) is 9.43. The van der Waals surface area contributed by atoms with Gasteiger partial charge >= 0.3 is 0 Å². The van der Waals surface area contributed by atoms with Gasteiger partial charge in [0.05, 0.1) is 12.5 Å². The van der Waals surface area contributed by atoms with Crippen molar-refractivity contribution in [3.05, 3.63) is 62.6 Å². The van der Waals surface area contributed by atoms with Gasteiger partial charge in [0.2, 0.25) is 0 Å². The molecule has 2 aromatic rings. The van der Waals surface area contributed by atoms with Crippen LogP contribution in [0.3, 0.4) is 0 Å². The SMILES string of the molecule is COc1c(C)cc(C(Cl)c2cc(Br)ccc2C)cc1C. The third-order valence-electron chi connectivity index (χ3n) is 3.49. The van der Waals surface area contributed by atoms with E-state index in [1.54, 1.807) is 7.11 Å². The average molecular weight is 354 g/mol. The van der Waals surface area contributed by atoms with E-state index >= 15 is 0 Å². The molecule has 1 nitrogen and oxygen atoms in total. The van der Waals surface area contributed by atoms with Gasteiger partial charge in [0.15, 0.2) is 0 Å². The van der Waals surface area contributed by atoms with E-state index in [0.717, 1.165) is 32.5 Å². The van der Waals surface area contributed by atoms with E-state index in [1.807, 2.05) is 19.9 Å². The number of ether oxygens (including phenoxy) is 1. The summed E-state index contributed by atoms with van der Waals surface area (Å²) in [5.74, 6) is 0.934. The fourth-order valence-electron chi connectivity index (χ4n) is 2.52. The van der Waals surface area contributed by atoms with Gasteiger partial charge < -0.3 is 4.74 Å². The van der Waals surface area contributed by atoms with Gasteiger partial charge in [0.25, 0.3) is 0 Å². The Morgan fingerprint density at radius 2 is 1.60 bits per heavy atom. The highest BCUT2D eigenvalue weighted by molar-refractivity contribution is 9.10. The maximum absolute atomic E-state index is 6.69. The van der Waals surface area contributed by atoms with Crippen LogP contribution in [-0.4, -0.2) is 7.11 Å². The zero-order valence-electron chi connectivity index (χ0n) is 12.1. The standard InChI is InChI=1S/C17H18BrClO/c1-10-5-6-14(18)9-15(10)16(19)13-7-11(2)17(20-4)12(3)8-13/h5-9,16H,1-4H3. The van der Waals surface area contributed by atoms with Crippen molar-refractivity contribution in [3.63, 3.8) is 0 Å². The Hall–Kier alpha value is -0.990. The van der Waals surface area contributed by atoms with E-state index in [0.29, 0.717) is 0 Å². The summed E-state index contributed by atoms with van der Waals surface area (Å²) in [5.41, 5.74) is 5.65. The minimum Gasteiger partial charge on any atom is -0.496 e. The van der Waals surface area contributed by atoms with Gasteiger partial charge in [-0.15, -0.1) is 11.6 Å². The van der Waals surface area contributed by atoms with E-state index in [-0.39, 0.29) is 5.38 Å². The molecule has 0 saturated heterocycles. The zero-order valence-corrected chi connectivity index (χ0v) is 14.5. The van der Waals surface area contributed by atoms with Gasteiger partial charge in [0, 0.05) is 4.47 Å². The molecule has 0 aromatic heterocycles. The van der Waals surface area contributed by atoms with Crippen LogP contribution < -0.4 is 4.74 Å². The molecule has 106 valence electrons. The molecule has 0 N–H and O–H groups in total. The largest absolute Gasteiger partial charge is 0.496 e. The average Bonchev–Trinajstić information content (AvgIpc) is 2.40. The topological polar surface area (TPSA) is 9.23 Å². The Morgan fingerprint density at radius 1 is 1.00 bits per heavy atom. The maximum Gasteiger partial charge on any atom is 0.124 e. The highest BCUT2D eigenvalue weighted by Gasteiger charge is 2.16. The lowest BCUT2D eigenvalue weighted by Crippen LogP contribution is -2.00. The van der Waals surface area contributed by atoms with Crippen LogP contribution in [0.4, 0.5) is 0 Å². The number of benzene rings is 2. The summed E-state index contributed by atoms with van der Waals surface area (Å²) >= 11 is 10.2. The van der Waals surface area contributed by atoms with Crippen LogP contribution in [0.5, 0.6) is 5.75 Å². The van der Waals surface area contributed by atoms with Crippen LogP contribution in [0.2, 0.25) is 0 Å². The normalized spacial score (nSPS) is 12.3. The second-order valence-corrected chi connectivity index (χ2v) is 6.40. The smallest absolute Gasteiger partial charge is 0.124 e. The summed E-state index contributed by atoms with van der Waals surface area (Å²) in [6.45, 7) is 6.18. The lowest BCUT2D eigenvalue weighted by Gasteiger charge is -2.17. The summed E-state index contributed by atoms with van der Waals surface area (Å²) < 4.78 is 6.46. The molecule has 0 amide bonds. The molecule has 2 rings (SSSR count). The van der Waals surface area contributed by atoms with Crippen molar-refractivity contribution >= 4 is 27.5 Å². The molecule has 1 unspecified atom stereocenters. The Balaban J connectivity index is 2.48. The lowest BCUT2D eigenvalue weighted by molar-refractivity contribution is 0.408. The molecule has 1 atom stereocenters. The quantitative estimate of drug-likeness (QED) is 0.642. The highest BCUT2D eigenvalue weighted by atomic mass is 79.9. The van der Waals surface area contributed by atoms with Crippen molar-refractivity contribution in [1.29, 1.82) is 0 Å². The van der Waals surface area contributed by atoms with E-state index < -0.39 is 0 Å². The molecule has 0 aliphatic heterocycles. The van der Waals surface area contributed by atoms with Gasteiger partial charge in [-0.1, -0.05) is 34.1 Å². The van der Waals surface area contributed by atoms with Crippen molar-refractivity contribution < 1.29 is 4.74 Å². The Kier molecular flexibility index (Phi) is 4.77. The summed E-state index contributed by atoms with van der Waals surface area (Å²) in [6.07, 6.45) is 0. The first-order valence-electron chi connectivity index (χ1n) is 6.49. The van der Waals surface area contributed by atoms with Crippen LogP contribution in [0.1, 0.15) is 33.2 Å². The monoisotopic (exact) mass is 352 g/mol. The lowest BCUT2D eigenvalue weighted by atomic mass is 9.97. The fraction of sp³-hybridized carbons (Fsp3) is 0.294. The molecule has 0 saturated carbocycles. The minimum atomic E-state index is -0.157. The molecule has 20 heavy (non-hydrogen) atoms. The molecule has 0 heterocycles. The molecule has 2 aromatic carbocycles. The molecule has 0 fully saturated rings. The second-order valence-electron chi connectivity index (χ2n) is 5.05. The summed E-state index contributed by atoms with van der Waals surface area (Å²) in [5, 5.41) is -0.157. The molecule has 0 bridgehead atoms. The molecule has 0 aliphatic rings. The maximum atomic E-state index is 6.69. The number of aryl methyl sites for hydroxylation is 3. The van der Waals surface area contributed by atoms with Crippen molar-refractivity contribution in [2.45, 2.75) is 26.1 Å². The van der Waals surface area contributed by atoms with Crippen LogP contribution in [-0.2, 0) is 0 Å². The predicted molar refractivity (Wildman–Crippen MR) is 89.0 cm³/mol. The minimum absolute atomic E-state index is 0.157. The zero-order chi connectivity index (χ0) is 14.9. The summed E-state index contributed by atoms with van der Waals surface area (Å²) in [4.78, 5) is 0. The Bertz CT molecular complexity index is 614. The molecule has 0 spiro atoms. The van der Waals surface area contributed by atoms with Gasteiger partial charge in [0.1, 0.15) is 5.75 Å². The highest BCUT2D eigenvalue weighted by Crippen LogP contribution is 2.36. The van der Waals surface area contributed by atoms with Gasteiger partial charge in [-0.05, 0) is 60.7 Å². The molecule has 0 aliphatic carbocycles. The number of alkyl halides is 1. The first-order valence-corrected chi connectivity index (χ1v) is 7.72. The molecule has 3 heteroatoms. The number of hydrogen-bond donors (Lipinski definition) is 0.